The van der Waals surface area contributed by atoms with E-state index in [1.807, 2.05) is 18.2 Å². The van der Waals surface area contributed by atoms with Crippen molar-refractivity contribution in [3.8, 4) is 5.75 Å². The minimum Gasteiger partial charge on any atom is -0.496 e. The Labute approximate surface area is 103 Å². The van der Waals surface area contributed by atoms with Crippen LogP contribution in [0.3, 0.4) is 0 Å². The van der Waals surface area contributed by atoms with Crippen LogP contribution in [0.1, 0.15) is 11.1 Å². The Morgan fingerprint density at radius 1 is 1.53 bits per heavy atom. The monoisotopic (exact) mass is 290 g/mol. The zero-order valence-electron chi connectivity index (χ0n) is 8.43. The highest BCUT2D eigenvalue weighted by Crippen LogP contribution is 2.21. The van der Waals surface area contributed by atoms with Crippen molar-refractivity contribution < 1.29 is 9.53 Å². The smallest absolute Gasteiger partial charge is 0.147 e. The highest BCUT2D eigenvalue weighted by atomic mass is 79.9. The lowest BCUT2D eigenvalue weighted by atomic mass is 10.1. The second-order valence-corrected chi connectivity index (χ2v) is 3.96. The number of carbonyl (C=O) groups excluding carboxylic acids is 1. The third-order valence-electron chi connectivity index (χ3n) is 2.04. The maximum Gasteiger partial charge on any atom is 0.147 e. The number of ether oxygens (including phenoxy) is 1. The van der Waals surface area contributed by atoms with Crippen LogP contribution in [0.4, 0.5) is 0 Å². The molecule has 2 nitrogen and oxygen atoms in total. The van der Waals surface area contributed by atoms with Crippen LogP contribution in [0.2, 0.25) is 0 Å². The third kappa shape index (κ3) is 3.50. The lowest BCUT2D eigenvalue weighted by molar-refractivity contribution is -0.115. The molecule has 0 N–H and O–H groups in total. The van der Waals surface area contributed by atoms with Crippen molar-refractivity contribution in [2.24, 2.45) is 0 Å². The number of hydrogen-bond donors (Lipinski definition) is 0. The molecule has 82 valence electrons. The van der Waals surface area contributed by atoms with Gasteiger partial charge in [-0.1, -0.05) is 28.1 Å². The fourth-order valence-corrected chi connectivity index (χ4v) is 1.68. The molecule has 0 saturated carbocycles. The maximum absolute atomic E-state index is 11.3. The van der Waals surface area contributed by atoms with Gasteiger partial charge >= 0.3 is 0 Å². The second kappa shape index (κ2) is 6.13. The van der Waals surface area contributed by atoms with Crippen LogP contribution in [0.15, 0.2) is 18.2 Å². The predicted octanol–water partition coefficient (Wildman–Crippen LogP) is 2.94. The van der Waals surface area contributed by atoms with Crippen LogP contribution >= 0.6 is 27.5 Å². The third-order valence-corrected chi connectivity index (χ3v) is 2.97. The molecule has 0 aliphatic carbocycles. The van der Waals surface area contributed by atoms with Gasteiger partial charge in [-0.3, -0.25) is 4.79 Å². The molecular weight excluding hydrogens is 279 g/mol. The van der Waals surface area contributed by atoms with E-state index < -0.39 is 0 Å². The molecule has 1 rings (SSSR count). The Morgan fingerprint density at radius 2 is 2.27 bits per heavy atom. The van der Waals surface area contributed by atoms with Gasteiger partial charge in [0.2, 0.25) is 0 Å². The summed E-state index contributed by atoms with van der Waals surface area (Å²) < 4.78 is 5.18. The van der Waals surface area contributed by atoms with E-state index in [4.69, 9.17) is 16.3 Å². The van der Waals surface area contributed by atoms with Crippen LogP contribution in [0.5, 0.6) is 5.75 Å². The van der Waals surface area contributed by atoms with E-state index in [1.54, 1.807) is 7.11 Å². The van der Waals surface area contributed by atoms with Gasteiger partial charge in [0.1, 0.15) is 11.5 Å². The van der Waals surface area contributed by atoms with E-state index in [0.717, 1.165) is 16.9 Å². The zero-order chi connectivity index (χ0) is 11.3. The van der Waals surface area contributed by atoms with E-state index in [9.17, 15) is 4.79 Å². The first kappa shape index (κ1) is 12.5. The van der Waals surface area contributed by atoms with Gasteiger partial charge in [0.05, 0.1) is 12.4 Å². The number of carbonyl (C=O) groups is 1. The van der Waals surface area contributed by atoms with Crippen LogP contribution in [0.25, 0.3) is 0 Å². The number of benzene rings is 1. The molecule has 0 aliphatic rings. The Kier molecular flexibility index (Phi) is 5.12. The molecule has 15 heavy (non-hydrogen) atoms. The SMILES string of the molecule is COc1ccc(CCl)cc1CC(=O)CBr. The molecule has 0 radical (unpaired) electrons. The van der Waals surface area contributed by atoms with Crippen molar-refractivity contribution in [2.75, 3.05) is 12.4 Å². The number of rotatable bonds is 5. The Hall–Kier alpha value is -0.540. The molecule has 0 aromatic heterocycles. The summed E-state index contributed by atoms with van der Waals surface area (Å²) in [6.07, 6.45) is 0.374. The average molecular weight is 292 g/mol. The summed E-state index contributed by atoms with van der Waals surface area (Å²) in [7, 11) is 1.60. The van der Waals surface area contributed by atoms with E-state index in [0.29, 0.717) is 17.6 Å². The summed E-state index contributed by atoms with van der Waals surface area (Å²) in [4.78, 5) is 11.3. The molecule has 0 spiro atoms. The lowest BCUT2D eigenvalue weighted by Crippen LogP contribution is -2.05. The molecule has 1 aromatic rings. The van der Waals surface area contributed by atoms with Gasteiger partial charge in [-0.15, -0.1) is 11.6 Å². The van der Waals surface area contributed by atoms with Crippen LogP contribution < -0.4 is 4.74 Å². The number of Topliss-reactive ketones (excluding diaryl/α,β-unsaturated/α-hetero) is 1. The zero-order valence-corrected chi connectivity index (χ0v) is 10.8. The number of hydrogen-bond acceptors (Lipinski definition) is 2. The highest BCUT2D eigenvalue weighted by Gasteiger charge is 2.08. The number of halogens is 2. The van der Waals surface area contributed by atoms with Crippen molar-refractivity contribution in [2.45, 2.75) is 12.3 Å². The second-order valence-electron chi connectivity index (χ2n) is 3.13. The van der Waals surface area contributed by atoms with Gasteiger partial charge in [-0.2, -0.15) is 0 Å². The maximum atomic E-state index is 11.3. The van der Waals surface area contributed by atoms with Gasteiger partial charge < -0.3 is 4.74 Å². The fourth-order valence-electron chi connectivity index (χ4n) is 1.31. The molecule has 0 unspecified atom stereocenters. The topological polar surface area (TPSA) is 26.3 Å². The summed E-state index contributed by atoms with van der Waals surface area (Å²) in [5.41, 5.74) is 1.88. The summed E-state index contributed by atoms with van der Waals surface area (Å²) in [6, 6.07) is 5.65. The van der Waals surface area contributed by atoms with Crippen LogP contribution in [0, 0.1) is 0 Å². The van der Waals surface area contributed by atoms with Crippen molar-refractivity contribution in [1.82, 2.24) is 0 Å². The first-order valence-electron chi connectivity index (χ1n) is 4.50. The summed E-state index contributed by atoms with van der Waals surface area (Å²) in [5, 5.41) is 0.362. The summed E-state index contributed by atoms with van der Waals surface area (Å²) >= 11 is 8.87. The number of ketones is 1. The Bertz CT molecular complexity index is 352. The number of methoxy groups -OCH3 is 1. The Morgan fingerprint density at radius 3 is 2.80 bits per heavy atom. The molecule has 0 saturated heterocycles. The van der Waals surface area contributed by atoms with Gasteiger partial charge in [0.25, 0.3) is 0 Å². The van der Waals surface area contributed by atoms with Crippen molar-refractivity contribution in [1.29, 1.82) is 0 Å². The molecule has 0 aliphatic heterocycles. The molecule has 0 bridgehead atoms. The first-order valence-corrected chi connectivity index (χ1v) is 6.16. The molecule has 1 aromatic carbocycles. The van der Waals surface area contributed by atoms with Crippen molar-refractivity contribution >= 4 is 33.3 Å². The highest BCUT2D eigenvalue weighted by molar-refractivity contribution is 9.09. The van der Waals surface area contributed by atoms with E-state index in [2.05, 4.69) is 15.9 Å². The quantitative estimate of drug-likeness (QED) is 0.780. The molecule has 0 heterocycles. The predicted molar refractivity (Wildman–Crippen MR) is 65.1 cm³/mol. The molecular formula is C11H12BrClO2. The molecule has 0 atom stereocenters. The van der Waals surface area contributed by atoms with Crippen molar-refractivity contribution in [3.63, 3.8) is 0 Å². The lowest BCUT2D eigenvalue weighted by Gasteiger charge is -2.08. The van der Waals surface area contributed by atoms with Crippen molar-refractivity contribution in [3.05, 3.63) is 29.3 Å². The summed E-state index contributed by atoms with van der Waals surface area (Å²) in [5.74, 6) is 1.30. The average Bonchev–Trinajstić information content (AvgIpc) is 2.28. The molecule has 0 fully saturated rings. The van der Waals surface area contributed by atoms with E-state index >= 15 is 0 Å². The standard InChI is InChI=1S/C11H12BrClO2/c1-15-11-3-2-8(7-13)4-9(11)5-10(14)6-12/h2-4H,5-7H2,1H3. The van der Waals surface area contributed by atoms with Gasteiger partial charge in [0, 0.05) is 17.9 Å². The molecule has 0 amide bonds. The van der Waals surface area contributed by atoms with E-state index in [-0.39, 0.29) is 5.78 Å². The fraction of sp³-hybridized carbons (Fsp3) is 0.364. The minimum atomic E-state index is 0.125. The first-order chi connectivity index (χ1) is 7.21. The Balaban J connectivity index is 2.95. The number of alkyl halides is 2. The van der Waals surface area contributed by atoms with Gasteiger partial charge in [-0.25, -0.2) is 0 Å². The van der Waals surface area contributed by atoms with Crippen LogP contribution in [-0.2, 0) is 17.1 Å². The minimum absolute atomic E-state index is 0.125. The van der Waals surface area contributed by atoms with Gasteiger partial charge in [0.15, 0.2) is 0 Å². The summed E-state index contributed by atoms with van der Waals surface area (Å²) in [6.45, 7) is 0. The van der Waals surface area contributed by atoms with Gasteiger partial charge in [-0.05, 0) is 11.6 Å². The van der Waals surface area contributed by atoms with E-state index in [1.165, 1.54) is 0 Å². The van der Waals surface area contributed by atoms with Crippen LogP contribution in [-0.4, -0.2) is 18.2 Å². The largest absolute Gasteiger partial charge is 0.496 e. The molecule has 4 heteroatoms. The normalized spacial score (nSPS) is 10.1.